The SMILES string of the molecule is COC(=O)[C@@H]1CCCN1C(=O)[C@H]1C[C@@H]1[C@H](NC(=O)OCc1ccccc1)c1ccccc1. The summed E-state index contributed by atoms with van der Waals surface area (Å²) in [7, 11) is 1.35. The fourth-order valence-corrected chi connectivity index (χ4v) is 4.48. The van der Waals surface area contributed by atoms with Crippen molar-refractivity contribution in [1.82, 2.24) is 10.2 Å². The lowest BCUT2D eigenvalue weighted by Crippen LogP contribution is -2.42. The molecule has 1 aliphatic heterocycles. The third kappa shape index (κ3) is 4.93. The van der Waals surface area contributed by atoms with E-state index < -0.39 is 12.1 Å². The first-order valence-corrected chi connectivity index (χ1v) is 11.0. The molecule has 1 saturated heterocycles. The predicted octanol–water partition coefficient (Wildman–Crippen LogP) is 3.45. The third-order valence-electron chi connectivity index (χ3n) is 6.24. The van der Waals surface area contributed by atoms with Crippen molar-refractivity contribution in [1.29, 1.82) is 0 Å². The van der Waals surface area contributed by atoms with Crippen molar-refractivity contribution in [3.8, 4) is 0 Å². The average molecular weight is 437 g/mol. The number of carbonyl (C=O) groups excluding carboxylic acids is 3. The summed E-state index contributed by atoms with van der Waals surface area (Å²) in [6.45, 7) is 0.736. The van der Waals surface area contributed by atoms with Gasteiger partial charge in [0.2, 0.25) is 5.91 Å². The van der Waals surface area contributed by atoms with E-state index >= 15 is 0 Å². The number of benzene rings is 2. The molecule has 1 saturated carbocycles. The highest BCUT2D eigenvalue weighted by Gasteiger charge is 2.52. The zero-order valence-corrected chi connectivity index (χ0v) is 18.1. The molecule has 2 aromatic rings. The number of carbonyl (C=O) groups is 3. The second-order valence-electron chi connectivity index (χ2n) is 8.31. The van der Waals surface area contributed by atoms with Gasteiger partial charge in [0.25, 0.3) is 0 Å². The summed E-state index contributed by atoms with van der Waals surface area (Å²) in [5.41, 5.74) is 1.83. The fraction of sp³-hybridized carbons (Fsp3) is 0.400. The number of alkyl carbamates (subject to hydrolysis) is 1. The molecule has 4 rings (SSSR count). The summed E-state index contributed by atoms with van der Waals surface area (Å²) in [6.07, 6.45) is 1.55. The number of nitrogens with zero attached hydrogens (tertiary/aromatic N) is 1. The Hall–Kier alpha value is -3.35. The monoisotopic (exact) mass is 436 g/mol. The Morgan fingerprint density at radius 1 is 1.06 bits per heavy atom. The van der Waals surface area contributed by atoms with Gasteiger partial charge in [-0.3, -0.25) is 4.79 Å². The van der Waals surface area contributed by atoms with Crippen molar-refractivity contribution in [2.24, 2.45) is 11.8 Å². The van der Waals surface area contributed by atoms with Gasteiger partial charge in [0, 0.05) is 12.5 Å². The van der Waals surface area contributed by atoms with Gasteiger partial charge >= 0.3 is 12.1 Å². The second-order valence-corrected chi connectivity index (χ2v) is 8.31. The van der Waals surface area contributed by atoms with E-state index in [1.165, 1.54) is 7.11 Å². The standard InChI is InChI=1S/C25H28N2O5/c1-31-24(29)21-13-8-14-27(21)23(28)20-15-19(20)22(18-11-6-3-7-12-18)26-25(30)32-16-17-9-4-2-5-10-17/h2-7,9-12,19-22H,8,13-16H2,1H3,(H,26,30)/t19-,20-,21-,22+/m0/s1. The van der Waals surface area contributed by atoms with Gasteiger partial charge in [0.15, 0.2) is 0 Å². The molecule has 2 aromatic carbocycles. The zero-order valence-electron chi connectivity index (χ0n) is 18.1. The molecule has 1 heterocycles. The van der Waals surface area contributed by atoms with E-state index in [4.69, 9.17) is 9.47 Å². The number of hydrogen-bond donors (Lipinski definition) is 1. The van der Waals surface area contributed by atoms with Crippen LogP contribution in [0.4, 0.5) is 4.79 Å². The molecule has 1 N–H and O–H groups in total. The summed E-state index contributed by atoms with van der Waals surface area (Å²) in [5, 5.41) is 2.96. The molecule has 0 aromatic heterocycles. The van der Waals surface area contributed by atoms with Crippen LogP contribution in [-0.2, 0) is 25.7 Å². The molecule has 2 aliphatic rings. The number of methoxy groups -OCH3 is 1. The van der Waals surface area contributed by atoms with Gasteiger partial charge in [-0.15, -0.1) is 0 Å². The summed E-state index contributed by atoms with van der Waals surface area (Å²) in [6, 6.07) is 18.2. The first-order chi connectivity index (χ1) is 15.6. The lowest BCUT2D eigenvalue weighted by atomic mass is 10.0. The molecule has 32 heavy (non-hydrogen) atoms. The van der Waals surface area contributed by atoms with Crippen LogP contribution < -0.4 is 5.32 Å². The van der Waals surface area contributed by atoms with Crippen LogP contribution in [0.25, 0.3) is 0 Å². The Morgan fingerprint density at radius 2 is 1.75 bits per heavy atom. The largest absolute Gasteiger partial charge is 0.467 e. The highest BCUT2D eigenvalue weighted by molar-refractivity contribution is 5.88. The van der Waals surface area contributed by atoms with Crippen molar-refractivity contribution in [2.75, 3.05) is 13.7 Å². The van der Waals surface area contributed by atoms with Gasteiger partial charge in [-0.25, -0.2) is 9.59 Å². The fourth-order valence-electron chi connectivity index (χ4n) is 4.48. The molecule has 0 spiro atoms. The minimum atomic E-state index is -0.519. The minimum absolute atomic E-state index is 0.0386. The topological polar surface area (TPSA) is 84.9 Å². The number of ether oxygens (including phenoxy) is 2. The molecular formula is C25H28N2O5. The van der Waals surface area contributed by atoms with E-state index in [2.05, 4.69) is 5.32 Å². The van der Waals surface area contributed by atoms with Crippen LogP contribution in [0.3, 0.4) is 0 Å². The van der Waals surface area contributed by atoms with Gasteiger partial charge in [-0.2, -0.15) is 0 Å². The smallest absolute Gasteiger partial charge is 0.407 e. The summed E-state index contributed by atoms with van der Waals surface area (Å²) in [5.74, 6) is -0.688. The van der Waals surface area contributed by atoms with Crippen LogP contribution in [0.15, 0.2) is 60.7 Å². The predicted molar refractivity (Wildman–Crippen MR) is 117 cm³/mol. The minimum Gasteiger partial charge on any atom is -0.467 e. The highest BCUT2D eigenvalue weighted by Crippen LogP contribution is 2.49. The zero-order chi connectivity index (χ0) is 22.5. The lowest BCUT2D eigenvalue weighted by Gasteiger charge is -2.24. The van der Waals surface area contributed by atoms with E-state index in [0.717, 1.165) is 17.5 Å². The molecule has 7 heteroatoms. The van der Waals surface area contributed by atoms with E-state index in [9.17, 15) is 14.4 Å². The molecule has 1 aliphatic carbocycles. The van der Waals surface area contributed by atoms with Gasteiger partial charge in [-0.05, 0) is 36.3 Å². The number of esters is 1. The molecule has 7 nitrogen and oxygen atoms in total. The molecule has 2 amide bonds. The number of amides is 2. The first-order valence-electron chi connectivity index (χ1n) is 11.0. The Morgan fingerprint density at radius 3 is 2.44 bits per heavy atom. The maximum absolute atomic E-state index is 13.2. The normalized spacial score (nSPS) is 22.7. The number of nitrogens with one attached hydrogen (secondary N) is 1. The molecular weight excluding hydrogens is 408 g/mol. The Kier molecular flexibility index (Phi) is 6.73. The highest BCUT2D eigenvalue weighted by atomic mass is 16.5. The number of likely N-dealkylation sites (tertiary alicyclic amines) is 1. The number of hydrogen-bond acceptors (Lipinski definition) is 5. The van der Waals surface area contributed by atoms with Crippen molar-refractivity contribution < 1.29 is 23.9 Å². The maximum Gasteiger partial charge on any atom is 0.407 e. The molecule has 2 fully saturated rings. The van der Waals surface area contributed by atoms with Crippen LogP contribution >= 0.6 is 0 Å². The average Bonchev–Trinajstić information content (AvgIpc) is 3.47. The second kappa shape index (κ2) is 9.85. The van der Waals surface area contributed by atoms with E-state index in [1.807, 2.05) is 60.7 Å². The van der Waals surface area contributed by atoms with E-state index in [1.54, 1.807) is 4.90 Å². The van der Waals surface area contributed by atoms with Crippen LogP contribution in [0, 0.1) is 11.8 Å². The summed E-state index contributed by atoms with van der Waals surface area (Å²) in [4.78, 5) is 39.4. The van der Waals surface area contributed by atoms with Crippen molar-refractivity contribution >= 4 is 18.0 Å². The van der Waals surface area contributed by atoms with Crippen LogP contribution in [0.2, 0.25) is 0 Å². The molecule has 0 unspecified atom stereocenters. The van der Waals surface area contributed by atoms with Gasteiger partial charge < -0.3 is 19.7 Å². The van der Waals surface area contributed by atoms with E-state index in [0.29, 0.717) is 19.4 Å². The summed E-state index contributed by atoms with van der Waals surface area (Å²) >= 11 is 0. The Bertz CT molecular complexity index is 949. The van der Waals surface area contributed by atoms with Crippen molar-refractivity contribution in [3.05, 3.63) is 71.8 Å². The third-order valence-corrected chi connectivity index (χ3v) is 6.24. The summed E-state index contributed by atoms with van der Waals surface area (Å²) < 4.78 is 10.3. The van der Waals surface area contributed by atoms with Gasteiger partial charge in [-0.1, -0.05) is 60.7 Å². The van der Waals surface area contributed by atoms with Gasteiger partial charge in [0.1, 0.15) is 12.6 Å². The maximum atomic E-state index is 13.2. The quantitative estimate of drug-likeness (QED) is 0.672. The Balaban J connectivity index is 1.42. The first kappa shape index (κ1) is 21.9. The van der Waals surface area contributed by atoms with Crippen molar-refractivity contribution in [3.63, 3.8) is 0 Å². The molecule has 0 bridgehead atoms. The lowest BCUT2D eigenvalue weighted by molar-refractivity contribution is -0.151. The Labute approximate surface area is 187 Å². The molecule has 168 valence electrons. The molecule has 4 atom stereocenters. The van der Waals surface area contributed by atoms with Crippen LogP contribution in [0.5, 0.6) is 0 Å². The number of rotatable bonds is 7. The van der Waals surface area contributed by atoms with Crippen molar-refractivity contribution in [2.45, 2.75) is 38.0 Å². The molecule has 0 radical (unpaired) electrons. The van der Waals surface area contributed by atoms with Gasteiger partial charge in [0.05, 0.1) is 13.2 Å². The van der Waals surface area contributed by atoms with Crippen LogP contribution in [0.1, 0.15) is 36.4 Å². The van der Waals surface area contributed by atoms with Crippen LogP contribution in [-0.4, -0.2) is 42.6 Å². The van der Waals surface area contributed by atoms with E-state index in [-0.39, 0.29) is 36.4 Å².